The number of anilines is 1. The van der Waals surface area contributed by atoms with E-state index in [1.165, 1.54) is 11.1 Å². The van der Waals surface area contributed by atoms with E-state index in [1.807, 2.05) is 12.1 Å². The number of thiocarbonyl (C=S) groups is 1. The zero-order valence-electron chi connectivity index (χ0n) is 17.9. The fourth-order valence-corrected chi connectivity index (χ4v) is 3.84. The topological polar surface area (TPSA) is 33.7 Å². The molecule has 5 heteroatoms. The summed E-state index contributed by atoms with van der Waals surface area (Å²) in [4.78, 5) is 2.21. The van der Waals surface area contributed by atoms with Gasteiger partial charge in [0.2, 0.25) is 0 Å². The lowest BCUT2D eigenvalue weighted by atomic mass is 10.0. The van der Waals surface area contributed by atoms with Gasteiger partial charge in [0.25, 0.3) is 0 Å². The highest BCUT2D eigenvalue weighted by atomic mass is 32.1. The second-order valence-corrected chi connectivity index (χ2v) is 8.43. The highest BCUT2D eigenvalue weighted by Gasteiger charge is 2.22. The molecular formula is C24H32N2O2S. The third-order valence-electron chi connectivity index (χ3n) is 5.35. The van der Waals surface area contributed by atoms with Crippen LogP contribution in [-0.4, -0.2) is 36.4 Å². The number of ether oxygens (including phenoxy) is 2. The van der Waals surface area contributed by atoms with Crippen molar-refractivity contribution in [2.24, 2.45) is 0 Å². The van der Waals surface area contributed by atoms with Gasteiger partial charge in [-0.1, -0.05) is 44.2 Å². The van der Waals surface area contributed by atoms with Gasteiger partial charge in [0.1, 0.15) is 5.75 Å². The van der Waals surface area contributed by atoms with Crippen LogP contribution in [0.25, 0.3) is 0 Å². The molecule has 0 amide bonds. The highest BCUT2D eigenvalue weighted by molar-refractivity contribution is 7.80. The van der Waals surface area contributed by atoms with E-state index >= 15 is 0 Å². The van der Waals surface area contributed by atoms with Gasteiger partial charge < -0.3 is 19.7 Å². The monoisotopic (exact) mass is 412 g/mol. The van der Waals surface area contributed by atoms with E-state index in [1.54, 1.807) is 7.11 Å². The van der Waals surface area contributed by atoms with E-state index in [0.29, 0.717) is 11.0 Å². The molecule has 1 aliphatic heterocycles. The molecule has 0 aromatic heterocycles. The largest absolute Gasteiger partial charge is 0.495 e. The lowest BCUT2D eigenvalue weighted by molar-refractivity contribution is 0.0905. The summed E-state index contributed by atoms with van der Waals surface area (Å²) in [5.41, 5.74) is 4.65. The molecule has 0 radical (unpaired) electrons. The van der Waals surface area contributed by atoms with Crippen LogP contribution in [-0.2, 0) is 11.3 Å². The predicted molar refractivity (Wildman–Crippen MR) is 124 cm³/mol. The van der Waals surface area contributed by atoms with E-state index in [4.69, 9.17) is 21.7 Å². The summed E-state index contributed by atoms with van der Waals surface area (Å²) < 4.78 is 11.4. The Morgan fingerprint density at radius 2 is 2.00 bits per heavy atom. The summed E-state index contributed by atoms with van der Waals surface area (Å²) >= 11 is 5.81. The third-order valence-corrected chi connectivity index (χ3v) is 5.71. The van der Waals surface area contributed by atoms with Gasteiger partial charge in [0.15, 0.2) is 5.11 Å². The molecule has 1 atom stereocenters. The average molecular weight is 413 g/mol. The summed E-state index contributed by atoms with van der Waals surface area (Å²) in [6.07, 6.45) is 2.43. The maximum absolute atomic E-state index is 5.88. The Bertz CT molecular complexity index is 814. The van der Waals surface area contributed by atoms with E-state index < -0.39 is 0 Å². The van der Waals surface area contributed by atoms with Gasteiger partial charge >= 0.3 is 0 Å². The van der Waals surface area contributed by atoms with Crippen LogP contribution in [0, 0.1) is 6.92 Å². The van der Waals surface area contributed by atoms with Gasteiger partial charge in [-0.05, 0) is 66.7 Å². The van der Waals surface area contributed by atoms with Crippen molar-refractivity contribution >= 4 is 23.0 Å². The quantitative estimate of drug-likeness (QED) is 0.607. The Morgan fingerprint density at radius 3 is 2.62 bits per heavy atom. The molecule has 0 aliphatic carbocycles. The van der Waals surface area contributed by atoms with Gasteiger partial charge in [-0.3, -0.25) is 0 Å². The van der Waals surface area contributed by atoms with Crippen molar-refractivity contribution < 1.29 is 9.47 Å². The van der Waals surface area contributed by atoms with Crippen LogP contribution in [0.4, 0.5) is 5.69 Å². The molecule has 29 heavy (non-hydrogen) atoms. The van der Waals surface area contributed by atoms with Crippen molar-refractivity contribution in [1.29, 1.82) is 0 Å². The first-order valence-electron chi connectivity index (χ1n) is 10.4. The minimum absolute atomic E-state index is 0.226. The number of nitrogens with zero attached hydrogens (tertiary/aromatic N) is 1. The molecule has 1 N–H and O–H groups in total. The molecule has 1 saturated heterocycles. The molecule has 0 saturated carbocycles. The molecule has 1 aliphatic rings. The van der Waals surface area contributed by atoms with E-state index in [2.05, 4.69) is 61.3 Å². The number of benzene rings is 2. The molecule has 1 fully saturated rings. The third kappa shape index (κ3) is 5.94. The summed E-state index contributed by atoms with van der Waals surface area (Å²) in [7, 11) is 1.68. The second-order valence-electron chi connectivity index (χ2n) is 8.05. The van der Waals surface area contributed by atoms with E-state index in [0.717, 1.165) is 49.5 Å². The van der Waals surface area contributed by atoms with Crippen molar-refractivity contribution in [3.63, 3.8) is 0 Å². The molecular weight excluding hydrogens is 380 g/mol. The number of methoxy groups -OCH3 is 1. The van der Waals surface area contributed by atoms with Crippen molar-refractivity contribution in [3.8, 4) is 5.75 Å². The molecule has 1 heterocycles. The maximum Gasteiger partial charge on any atom is 0.173 e. The van der Waals surface area contributed by atoms with Crippen LogP contribution in [0.2, 0.25) is 0 Å². The van der Waals surface area contributed by atoms with Crippen molar-refractivity contribution in [1.82, 2.24) is 4.90 Å². The van der Waals surface area contributed by atoms with Gasteiger partial charge in [0.05, 0.1) is 18.9 Å². The fourth-order valence-electron chi connectivity index (χ4n) is 3.60. The summed E-state index contributed by atoms with van der Waals surface area (Å²) in [5, 5.41) is 4.09. The second kappa shape index (κ2) is 10.1. The minimum atomic E-state index is 0.226. The standard InChI is InChI=1S/C24H32N2O2S/c1-17(2)20-10-8-19(9-11-20)15-26(16-21-6-5-13-28-21)24(29)25-22-14-18(3)7-12-23(22)27-4/h7-12,14,17,21H,5-6,13,15-16H2,1-4H3,(H,25,29). The van der Waals surface area contributed by atoms with Crippen LogP contribution in [0.1, 0.15) is 49.3 Å². The SMILES string of the molecule is COc1ccc(C)cc1NC(=S)N(Cc1ccc(C(C)C)cc1)CC1CCCO1. The molecule has 0 spiro atoms. The van der Waals surface area contributed by atoms with Crippen LogP contribution in [0.15, 0.2) is 42.5 Å². The van der Waals surface area contributed by atoms with Crippen molar-refractivity contribution in [2.75, 3.05) is 25.6 Å². The van der Waals surface area contributed by atoms with E-state index in [9.17, 15) is 0 Å². The van der Waals surface area contributed by atoms with Crippen molar-refractivity contribution in [2.45, 2.75) is 52.2 Å². The lowest BCUT2D eigenvalue weighted by Gasteiger charge is -2.29. The first-order chi connectivity index (χ1) is 14.0. The summed E-state index contributed by atoms with van der Waals surface area (Å²) in [6, 6.07) is 14.9. The normalized spacial score (nSPS) is 16.1. The molecule has 1 unspecified atom stereocenters. The Morgan fingerprint density at radius 1 is 1.24 bits per heavy atom. The molecule has 156 valence electrons. The minimum Gasteiger partial charge on any atom is -0.495 e. The molecule has 2 aromatic rings. The molecule has 3 rings (SSSR count). The Kier molecular flexibility index (Phi) is 7.51. The van der Waals surface area contributed by atoms with Gasteiger partial charge in [-0.15, -0.1) is 0 Å². The van der Waals surface area contributed by atoms with Crippen molar-refractivity contribution in [3.05, 3.63) is 59.2 Å². The predicted octanol–water partition coefficient (Wildman–Crippen LogP) is 5.51. The molecule has 4 nitrogen and oxygen atoms in total. The number of rotatable bonds is 7. The fraction of sp³-hybridized carbons (Fsp3) is 0.458. The number of nitrogens with one attached hydrogen (secondary N) is 1. The number of aryl methyl sites for hydroxylation is 1. The molecule has 0 bridgehead atoms. The van der Waals surface area contributed by atoms with Crippen LogP contribution in [0.5, 0.6) is 5.75 Å². The van der Waals surface area contributed by atoms with Gasteiger partial charge in [-0.2, -0.15) is 0 Å². The summed E-state index contributed by atoms with van der Waals surface area (Å²) in [5.74, 6) is 1.32. The van der Waals surface area contributed by atoms with Crippen LogP contribution in [0.3, 0.4) is 0 Å². The zero-order valence-corrected chi connectivity index (χ0v) is 18.7. The van der Waals surface area contributed by atoms with Crippen LogP contribution < -0.4 is 10.1 Å². The van der Waals surface area contributed by atoms with E-state index in [-0.39, 0.29) is 6.10 Å². The first-order valence-corrected chi connectivity index (χ1v) is 10.8. The Labute approximate surface area is 180 Å². The molecule has 2 aromatic carbocycles. The smallest absolute Gasteiger partial charge is 0.173 e. The van der Waals surface area contributed by atoms with Gasteiger partial charge in [0, 0.05) is 19.7 Å². The number of hydrogen-bond acceptors (Lipinski definition) is 3. The average Bonchev–Trinajstić information content (AvgIpc) is 3.21. The van der Waals surface area contributed by atoms with Crippen LogP contribution >= 0.6 is 12.2 Å². The first kappa shape index (κ1) is 21.6. The summed E-state index contributed by atoms with van der Waals surface area (Å²) in [6.45, 7) is 8.87. The Hall–Kier alpha value is -2.11. The zero-order chi connectivity index (χ0) is 20.8. The van der Waals surface area contributed by atoms with Gasteiger partial charge in [-0.25, -0.2) is 0 Å². The number of hydrogen-bond donors (Lipinski definition) is 1. The lowest BCUT2D eigenvalue weighted by Crippen LogP contribution is -2.39. The maximum atomic E-state index is 5.88. The highest BCUT2D eigenvalue weighted by Crippen LogP contribution is 2.26. The Balaban J connectivity index is 1.77.